The fraction of sp³-hybridized carbons (Fsp3) is 0.286. The molecule has 0 saturated heterocycles. The average Bonchev–Trinajstić information content (AvgIpc) is 3.21. The predicted molar refractivity (Wildman–Crippen MR) is 107 cm³/mol. The Bertz CT molecular complexity index is 1190. The Balaban J connectivity index is 1.95. The Hall–Kier alpha value is -3.93. The molecule has 1 aliphatic rings. The van der Waals surface area contributed by atoms with Gasteiger partial charge in [-0.2, -0.15) is 15.5 Å². The summed E-state index contributed by atoms with van der Waals surface area (Å²) in [7, 11) is 0. The Kier molecular flexibility index (Phi) is 4.83. The van der Waals surface area contributed by atoms with Crippen molar-refractivity contribution in [3.63, 3.8) is 0 Å². The first-order valence-corrected chi connectivity index (χ1v) is 9.54. The molecule has 0 bridgehead atoms. The number of hydrogen-bond acceptors (Lipinski definition) is 6. The number of amides is 1. The maximum Gasteiger partial charge on any atom is 0.276 e. The molecular formula is C21H20N6O3. The van der Waals surface area contributed by atoms with Crippen LogP contribution in [0.15, 0.2) is 53.6 Å². The lowest BCUT2D eigenvalue weighted by molar-refractivity contribution is 0.0547. The Labute approximate surface area is 172 Å². The normalized spacial score (nSPS) is 16.9. The molecule has 1 aromatic carbocycles. The zero-order valence-corrected chi connectivity index (χ0v) is 16.5. The van der Waals surface area contributed by atoms with Crippen molar-refractivity contribution in [2.24, 2.45) is 0 Å². The summed E-state index contributed by atoms with van der Waals surface area (Å²) in [5.41, 5.74) is 0.306. The number of carbonyl (C=O) groups excluding carboxylic acids is 1. The van der Waals surface area contributed by atoms with Crippen LogP contribution in [0.1, 0.15) is 47.7 Å². The van der Waals surface area contributed by atoms with Crippen molar-refractivity contribution in [1.29, 1.82) is 5.26 Å². The SMILES string of the molecule is CC(C)N1C[C@H]([C@H](c2ccccc2)n2ccc(C#N)n2)n2ncc(=O)c(O)c2C1=O. The van der Waals surface area contributed by atoms with Crippen LogP contribution in [0.2, 0.25) is 0 Å². The van der Waals surface area contributed by atoms with Gasteiger partial charge >= 0.3 is 0 Å². The van der Waals surface area contributed by atoms with Crippen molar-refractivity contribution in [3.8, 4) is 11.8 Å². The number of hydrogen-bond donors (Lipinski definition) is 1. The summed E-state index contributed by atoms with van der Waals surface area (Å²) in [5.74, 6) is -1.07. The molecule has 9 nitrogen and oxygen atoms in total. The molecule has 152 valence electrons. The summed E-state index contributed by atoms with van der Waals surface area (Å²) in [6.45, 7) is 4.03. The topological polar surface area (TPSA) is 117 Å². The second kappa shape index (κ2) is 7.48. The Morgan fingerprint density at radius 1 is 1.20 bits per heavy atom. The molecule has 30 heavy (non-hydrogen) atoms. The minimum atomic E-state index is -0.707. The minimum Gasteiger partial charge on any atom is -0.502 e. The number of rotatable bonds is 4. The van der Waals surface area contributed by atoms with Gasteiger partial charge in [-0.1, -0.05) is 30.3 Å². The summed E-state index contributed by atoms with van der Waals surface area (Å²) < 4.78 is 3.07. The molecule has 3 heterocycles. The molecule has 0 aliphatic carbocycles. The molecule has 0 saturated carbocycles. The molecule has 0 fully saturated rings. The molecule has 0 unspecified atom stereocenters. The van der Waals surface area contributed by atoms with E-state index in [0.717, 1.165) is 11.8 Å². The molecule has 1 N–H and O–H groups in total. The van der Waals surface area contributed by atoms with Crippen molar-refractivity contribution >= 4 is 5.91 Å². The fourth-order valence-corrected chi connectivity index (χ4v) is 3.84. The third kappa shape index (κ3) is 3.12. The van der Waals surface area contributed by atoms with Crippen LogP contribution in [0.5, 0.6) is 5.75 Å². The number of nitriles is 1. The number of aromatic nitrogens is 4. The van der Waals surface area contributed by atoms with Gasteiger partial charge in [-0.3, -0.25) is 14.3 Å². The van der Waals surface area contributed by atoms with Crippen molar-refractivity contribution in [1.82, 2.24) is 24.5 Å². The Morgan fingerprint density at radius 3 is 2.57 bits per heavy atom. The van der Waals surface area contributed by atoms with E-state index in [1.165, 1.54) is 4.68 Å². The smallest absolute Gasteiger partial charge is 0.276 e. The molecule has 2 atom stereocenters. The molecule has 0 radical (unpaired) electrons. The van der Waals surface area contributed by atoms with Crippen LogP contribution < -0.4 is 5.43 Å². The predicted octanol–water partition coefficient (Wildman–Crippen LogP) is 1.71. The molecule has 1 amide bonds. The summed E-state index contributed by atoms with van der Waals surface area (Å²) in [6, 6.07) is 12.1. The first-order chi connectivity index (χ1) is 14.4. The highest BCUT2D eigenvalue weighted by molar-refractivity contribution is 5.95. The maximum atomic E-state index is 13.0. The van der Waals surface area contributed by atoms with Crippen LogP contribution in [0.25, 0.3) is 0 Å². The van der Waals surface area contributed by atoms with Gasteiger partial charge in [-0.05, 0) is 25.5 Å². The lowest BCUT2D eigenvalue weighted by Crippen LogP contribution is -2.50. The van der Waals surface area contributed by atoms with Gasteiger partial charge in [0, 0.05) is 18.8 Å². The van der Waals surface area contributed by atoms with E-state index in [1.807, 2.05) is 50.2 Å². The van der Waals surface area contributed by atoms with Gasteiger partial charge in [-0.25, -0.2) is 4.68 Å². The monoisotopic (exact) mass is 404 g/mol. The highest BCUT2D eigenvalue weighted by atomic mass is 16.3. The van der Waals surface area contributed by atoms with Crippen LogP contribution in [-0.2, 0) is 0 Å². The second-order valence-corrected chi connectivity index (χ2v) is 7.42. The molecule has 9 heteroatoms. The maximum absolute atomic E-state index is 13.0. The summed E-state index contributed by atoms with van der Waals surface area (Å²) in [5, 5.41) is 28.2. The first kappa shape index (κ1) is 19.4. The van der Waals surface area contributed by atoms with Gasteiger partial charge in [0.2, 0.25) is 5.43 Å². The molecular weight excluding hydrogens is 384 g/mol. The standard InChI is InChI=1S/C21H20N6O3/c1-13(2)25-12-16(27-19(21(25)30)20(29)17(28)11-23-27)18(14-6-4-3-5-7-14)26-9-8-15(10-22)24-26/h3-9,11,13,16,18,29H,12H2,1-2H3/t16-,18+/m1/s1. The number of benzene rings is 1. The number of nitrogens with zero attached hydrogens (tertiary/aromatic N) is 6. The van der Waals surface area contributed by atoms with E-state index < -0.39 is 29.2 Å². The van der Waals surface area contributed by atoms with Gasteiger partial charge in [0.15, 0.2) is 17.1 Å². The van der Waals surface area contributed by atoms with Gasteiger partial charge < -0.3 is 10.0 Å². The highest BCUT2D eigenvalue weighted by Gasteiger charge is 2.40. The van der Waals surface area contributed by atoms with E-state index >= 15 is 0 Å². The Morgan fingerprint density at radius 2 is 1.93 bits per heavy atom. The number of carbonyl (C=O) groups is 1. The molecule has 1 aliphatic heterocycles. The van der Waals surface area contributed by atoms with Crippen molar-refractivity contribution in [2.45, 2.75) is 32.0 Å². The van der Waals surface area contributed by atoms with E-state index in [9.17, 15) is 20.0 Å². The van der Waals surface area contributed by atoms with Crippen molar-refractivity contribution < 1.29 is 9.90 Å². The van der Waals surface area contributed by atoms with Gasteiger partial charge in [-0.15, -0.1) is 0 Å². The third-order valence-electron chi connectivity index (χ3n) is 5.28. The van der Waals surface area contributed by atoms with Gasteiger partial charge in [0.05, 0.1) is 12.2 Å². The summed E-state index contributed by atoms with van der Waals surface area (Å²) >= 11 is 0. The van der Waals surface area contributed by atoms with Crippen LogP contribution in [-0.4, -0.2) is 48.1 Å². The fourth-order valence-electron chi connectivity index (χ4n) is 3.84. The lowest BCUT2D eigenvalue weighted by atomic mass is 9.96. The lowest BCUT2D eigenvalue weighted by Gasteiger charge is -2.40. The van der Waals surface area contributed by atoms with Crippen LogP contribution in [0.4, 0.5) is 0 Å². The third-order valence-corrected chi connectivity index (χ3v) is 5.28. The van der Waals surface area contributed by atoms with E-state index in [-0.39, 0.29) is 17.4 Å². The van der Waals surface area contributed by atoms with Crippen LogP contribution >= 0.6 is 0 Å². The second-order valence-electron chi connectivity index (χ2n) is 7.42. The van der Waals surface area contributed by atoms with E-state index in [1.54, 1.807) is 21.8 Å². The average molecular weight is 404 g/mol. The first-order valence-electron chi connectivity index (χ1n) is 9.54. The van der Waals surface area contributed by atoms with Crippen LogP contribution in [0, 0.1) is 11.3 Å². The summed E-state index contributed by atoms with van der Waals surface area (Å²) in [6.07, 6.45) is 2.71. The zero-order chi connectivity index (χ0) is 21.4. The van der Waals surface area contributed by atoms with E-state index in [2.05, 4.69) is 10.2 Å². The summed E-state index contributed by atoms with van der Waals surface area (Å²) in [4.78, 5) is 26.6. The van der Waals surface area contributed by atoms with Gasteiger partial charge in [0.25, 0.3) is 5.91 Å². The van der Waals surface area contributed by atoms with Gasteiger partial charge in [0.1, 0.15) is 12.1 Å². The quantitative estimate of drug-likeness (QED) is 0.707. The minimum absolute atomic E-state index is 0.138. The number of fused-ring (bicyclic) bond motifs is 1. The zero-order valence-electron chi connectivity index (χ0n) is 16.5. The van der Waals surface area contributed by atoms with Crippen molar-refractivity contribution in [3.05, 3.63) is 76.0 Å². The molecule has 4 rings (SSSR count). The molecule has 0 spiro atoms. The molecule has 2 aromatic heterocycles. The van der Waals surface area contributed by atoms with E-state index in [4.69, 9.17) is 0 Å². The van der Waals surface area contributed by atoms with E-state index in [0.29, 0.717) is 6.54 Å². The largest absolute Gasteiger partial charge is 0.502 e. The highest BCUT2D eigenvalue weighted by Crippen LogP contribution is 2.36. The van der Waals surface area contributed by atoms with Crippen molar-refractivity contribution in [2.75, 3.05) is 6.54 Å². The van der Waals surface area contributed by atoms with Crippen LogP contribution in [0.3, 0.4) is 0 Å². The molecule has 3 aromatic rings. The number of aromatic hydroxyl groups is 1.